The zero-order valence-corrected chi connectivity index (χ0v) is 16.1. The van der Waals surface area contributed by atoms with E-state index in [0.717, 1.165) is 11.1 Å². The summed E-state index contributed by atoms with van der Waals surface area (Å²) in [5, 5.41) is 3.41. The monoisotopic (exact) mass is 381 g/mol. The molecule has 3 aromatic rings. The van der Waals surface area contributed by atoms with Gasteiger partial charge < -0.3 is 14.8 Å². The molecule has 5 heteroatoms. The van der Waals surface area contributed by atoms with Crippen LogP contribution >= 0.6 is 11.6 Å². The number of amides is 1. The molecule has 0 saturated heterocycles. The quantitative estimate of drug-likeness (QED) is 0.588. The number of hydrogen-bond acceptors (Lipinski definition) is 3. The van der Waals surface area contributed by atoms with Crippen LogP contribution in [-0.4, -0.2) is 13.0 Å². The highest BCUT2D eigenvalue weighted by Gasteiger charge is 2.14. The molecule has 0 spiro atoms. The molecule has 1 amide bonds. The molecule has 0 fully saturated rings. The second-order valence-corrected chi connectivity index (χ2v) is 6.63. The Morgan fingerprint density at radius 3 is 2.52 bits per heavy atom. The zero-order chi connectivity index (χ0) is 19.4. The van der Waals surface area contributed by atoms with E-state index >= 15 is 0 Å². The lowest BCUT2D eigenvalue weighted by atomic mass is 10.0. The van der Waals surface area contributed by atoms with Crippen LogP contribution in [0.5, 0.6) is 17.2 Å². The first-order chi connectivity index (χ1) is 13.0. The van der Waals surface area contributed by atoms with Gasteiger partial charge >= 0.3 is 0 Å². The molecule has 0 aliphatic carbocycles. The number of ether oxygens (including phenoxy) is 2. The molecule has 0 heterocycles. The van der Waals surface area contributed by atoms with Gasteiger partial charge in [-0.1, -0.05) is 35.4 Å². The van der Waals surface area contributed by atoms with Crippen molar-refractivity contribution in [3.05, 3.63) is 82.4 Å². The Morgan fingerprint density at radius 1 is 0.963 bits per heavy atom. The van der Waals surface area contributed by atoms with Gasteiger partial charge in [0.2, 0.25) is 0 Å². The van der Waals surface area contributed by atoms with E-state index in [9.17, 15) is 4.79 Å². The van der Waals surface area contributed by atoms with Crippen LogP contribution in [0.1, 0.15) is 21.5 Å². The van der Waals surface area contributed by atoms with E-state index in [-0.39, 0.29) is 5.91 Å². The number of hydrogen-bond donors (Lipinski definition) is 1. The Labute approximate surface area is 163 Å². The molecular formula is C22H20ClNO3. The van der Waals surface area contributed by atoms with E-state index in [0.29, 0.717) is 33.5 Å². The number of halogens is 1. The molecule has 3 aromatic carbocycles. The van der Waals surface area contributed by atoms with Crippen molar-refractivity contribution in [2.24, 2.45) is 0 Å². The van der Waals surface area contributed by atoms with Crippen LogP contribution in [0, 0.1) is 13.8 Å². The normalized spacial score (nSPS) is 10.4. The van der Waals surface area contributed by atoms with Crippen LogP contribution in [-0.2, 0) is 0 Å². The van der Waals surface area contributed by atoms with Crippen LogP contribution in [0.3, 0.4) is 0 Å². The first kappa shape index (κ1) is 18.8. The number of aryl methyl sites for hydroxylation is 2. The van der Waals surface area contributed by atoms with Gasteiger partial charge in [-0.3, -0.25) is 4.79 Å². The third-order valence-electron chi connectivity index (χ3n) is 4.10. The summed E-state index contributed by atoms with van der Waals surface area (Å²) in [7, 11) is 1.59. The van der Waals surface area contributed by atoms with Crippen molar-refractivity contribution in [3.63, 3.8) is 0 Å². The second kappa shape index (κ2) is 8.14. The van der Waals surface area contributed by atoms with Gasteiger partial charge in [0.15, 0.2) is 5.75 Å². The molecular weight excluding hydrogens is 362 g/mol. The number of methoxy groups -OCH3 is 1. The Bertz CT molecular complexity index is 985. The standard InChI is InChI=1S/C22H20ClNO3/c1-14-7-8-15(2)19(11-14)22(25)24-20-12-16(23)9-10-21(20)27-18-6-4-5-17(13-18)26-3/h4-13H,1-3H3,(H,24,25). The minimum atomic E-state index is -0.214. The van der Waals surface area contributed by atoms with Crippen LogP contribution in [0.4, 0.5) is 5.69 Å². The predicted molar refractivity (Wildman–Crippen MR) is 108 cm³/mol. The van der Waals surface area contributed by atoms with Gasteiger partial charge in [-0.05, 0) is 55.8 Å². The van der Waals surface area contributed by atoms with Crippen LogP contribution < -0.4 is 14.8 Å². The molecule has 1 N–H and O–H groups in total. The number of rotatable bonds is 5. The van der Waals surface area contributed by atoms with Crippen molar-refractivity contribution in [2.45, 2.75) is 13.8 Å². The molecule has 4 nitrogen and oxygen atoms in total. The van der Waals surface area contributed by atoms with Gasteiger partial charge in [0.1, 0.15) is 11.5 Å². The Kier molecular flexibility index (Phi) is 5.67. The number of nitrogens with one attached hydrogen (secondary N) is 1. The first-order valence-electron chi connectivity index (χ1n) is 8.46. The van der Waals surface area contributed by atoms with Crippen LogP contribution in [0.25, 0.3) is 0 Å². The maximum Gasteiger partial charge on any atom is 0.256 e. The molecule has 0 aromatic heterocycles. The van der Waals surface area contributed by atoms with Gasteiger partial charge in [0.25, 0.3) is 5.91 Å². The predicted octanol–water partition coefficient (Wildman–Crippen LogP) is 6.01. The van der Waals surface area contributed by atoms with E-state index in [1.807, 2.05) is 50.2 Å². The van der Waals surface area contributed by atoms with Crippen LogP contribution in [0.2, 0.25) is 5.02 Å². The summed E-state index contributed by atoms with van der Waals surface area (Å²) in [6.07, 6.45) is 0. The number of carbonyl (C=O) groups is 1. The van der Waals surface area contributed by atoms with Gasteiger partial charge in [0.05, 0.1) is 12.8 Å². The number of benzene rings is 3. The topological polar surface area (TPSA) is 47.6 Å². The van der Waals surface area contributed by atoms with Crippen molar-refractivity contribution in [1.29, 1.82) is 0 Å². The summed E-state index contributed by atoms with van der Waals surface area (Å²) in [5.74, 6) is 1.56. The fraction of sp³-hybridized carbons (Fsp3) is 0.136. The summed E-state index contributed by atoms with van der Waals surface area (Å²) in [5.41, 5.74) is 3.03. The third kappa shape index (κ3) is 4.60. The largest absolute Gasteiger partial charge is 0.497 e. The summed E-state index contributed by atoms with van der Waals surface area (Å²) >= 11 is 6.13. The lowest BCUT2D eigenvalue weighted by Crippen LogP contribution is -2.14. The molecule has 138 valence electrons. The fourth-order valence-electron chi connectivity index (χ4n) is 2.65. The molecule has 0 bridgehead atoms. The van der Waals surface area contributed by atoms with Gasteiger partial charge in [-0.15, -0.1) is 0 Å². The molecule has 0 aliphatic rings. The minimum Gasteiger partial charge on any atom is -0.497 e. The Morgan fingerprint density at radius 2 is 1.74 bits per heavy atom. The van der Waals surface area contributed by atoms with Crippen molar-refractivity contribution >= 4 is 23.2 Å². The van der Waals surface area contributed by atoms with Crippen molar-refractivity contribution in [3.8, 4) is 17.2 Å². The van der Waals surface area contributed by atoms with Gasteiger partial charge in [0, 0.05) is 16.7 Å². The summed E-state index contributed by atoms with van der Waals surface area (Å²) in [6, 6.07) is 18.1. The Balaban J connectivity index is 1.90. The molecule has 0 atom stereocenters. The third-order valence-corrected chi connectivity index (χ3v) is 4.33. The maximum atomic E-state index is 12.8. The van der Waals surface area contributed by atoms with E-state index < -0.39 is 0 Å². The molecule has 3 rings (SSSR count). The van der Waals surface area contributed by atoms with Crippen molar-refractivity contribution < 1.29 is 14.3 Å². The molecule has 0 unspecified atom stereocenters. The highest BCUT2D eigenvalue weighted by atomic mass is 35.5. The lowest BCUT2D eigenvalue weighted by Gasteiger charge is -2.14. The SMILES string of the molecule is COc1cccc(Oc2ccc(Cl)cc2NC(=O)c2cc(C)ccc2C)c1. The van der Waals surface area contributed by atoms with E-state index in [4.69, 9.17) is 21.1 Å². The molecule has 0 aliphatic heterocycles. The van der Waals surface area contributed by atoms with Crippen molar-refractivity contribution in [1.82, 2.24) is 0 Å². The van der Waals surface area contributed by atoms with E-state index in [1.165, 1.54) is 0 Å². The average Bonchev–Trinajstić information content (AvgIpc) is 2.66. The number of anilines is 1. The number of carbonyl (C=O) groups excluding carboxylic acids is 1. The van der Waals surface area contributed by atoms with E-state index in [2.05, 4.69) is 5.32 Å². The highest BCUT2D eigenvalue weighted by Crippen LogP contribution is 2.33. The van der Waals surface area contributed by atoms with Crippen molar-refractivity contribution in [2.75, 3.05) is 12.4 Å². The Hall–Kier alpha value is -2.98. The fourth-order valence-corrected chi connectivity index (χ4v) is 2.82. The molecule has 0 radical (unpaired) electrons. The van der Waals surface area contributed by atoms with E-state index in [1.54, 1.807) is 31.4 Å². The highest BCUT2D eigenvalue weighted by molar-refractivity contribution is 6.31. The smallest absolute Gasteiger partial charge is 0.256 e. The van der Waals surface area contributed by atoms with Gasteiger partial charge in [-0.25, -0.2) is 0 Å². The summed E-state index contributed by atoms with van der Waals surface area (Å²) in [6.45, 7) is 3.85. The average molecular weight is 382 g/mol. The lowest BCUT2D eigenvalue weighted by molar-refractivity contribution is 0.102. The maximum absolute atomic E-state index is 12.8. The summed E-state index contributed by atoms with van der Waals surface area (Å²) in [4.78, 5) is 12.8. The zero-order valence-electron chi connectivity index (χ0n) is 15.4. The second-order valence-electron chi connectivity index (χ2n) is 6.19. The van der Waals surface area contributed by atoms with Crippen LogP contribution in [0.15, 0.2) is 60.7 Å². The molecule has 27 heavy (non-hydrogen) atoms. The van der Waals surface area contributed by atoms with Gasteiger partial charge in [-0.2, -0.15) is 0 Å². The summed E-state index contributed by atoms with van der Waals surface area (Å²) < 4.78 is 11.2. The first-order valence-corrected chi connectivity index (χ1v) is 8.84. The minimum absolute atomic E-state index is 0.214. The molecule has 0 saturated carbocycles.